The van der Waals surface area contributed by atoms with Crippen molar-refractivity contribution >= 4 is 15.9 Å². The number of nitrogens with one attached hydrogen (secondary N) is 1. The number of para-hydroxylation sites is 2. The second-order valence-corrected chi connectivity index (χ2v) is 5.92. The molecule has 0 fully saturated rings. The van der Waals surface area contributed by atoms with E-state index in [1.807, 2.05) is 24.3 Å². The molecule has 0 spiro atoms. The number of hydrogen-bond acceptors (Lipinski definition) is 3. The Kier molecular flexibility index (Phi) is 4.46. The van der Waals surface area contributed by atoms with E-state index in [0.29, 0.717) is 6.61 Å². The second kappa shape index (κ2) is 6.50. The summed E-state index contributed by atoms with van der Waals surface area (Å²) in [6.45, 7) is 3.52. The molecule has 2 aromatic carbocycles. The average molecular weight is 348 g/mol. The van der Waals surface area contributed by atoms with Gasteiger partial charge >= 0.3 is 0 Å². The molecule has 1 aliphatic rings. The van der Waals surface area contributed by atoms with Crippen molar-refractivity contribution in [3.05, 3.63) is 58.6 Å². The lowest BCUT2D eigenvalue weighted by molar-refractivity contribution is 0.0621. The van der Waals surface area contributed by atoms with Crippen molar-refractivity contribution < 1.29 is 9.47 Å². The van der Waals surface area contributed by atoms with E-state index < -0.39 is 0 Å². The Morgan fingerprint density at radius 1 is 1.14 bits per heavy atom. The van der Waals surface area contributed by atoms with E-state index in [1.54, 1.807) is 0 Å². The first kappa shape index (κ1) is 14.4. The minimum atomic E-state index is -0.0407. The Morgan fingerprint density at radius 2 is 1.86 bits per heavy atom. The van der Waals surface area contributed by atoms with Crippen molar-refractivity contribution in [1.82, 2.24) is 5.32 Å². The van der Waals surface area contributed by atoms with Crippen molar-refractivity contribution in [2.24, 2.45) is 0 Å². The van der Waals surface area contributed by atoms with Crippen LogP contribution in [-0.2, 0) is 0 Å². The summed E-state index contributed by atoms with van der Waals surface area (Å²) in [5.74, 6) is 1.63. The van der Waals surface area contributed by atoms with Crippen LogP contribution in [0.4, 0.5) is 0 Å². The average Bonchev–Trinajstić information content (AvgIpc) is 2.53. The highest BCUT2D eigenvalue weighted by Crippen LogP contribution is 2.34. The van der Waals surface area contributed by atoms with Gasteiger partial charge < -0.3 is 14.8 Å². The molecule has 2 atom stereocenters. The van der Waals surface area contributed by atoms with Gasteiger partial charge in [0.1, 0.15) is 6.61 Å². The third-order valence-corrected chi connectivity index (χ3v) is 4.08. The summed E-state index contributed by atoms with van der Waals surface area (Å²) in [6.07, 6.45) is -0.0407. The summed E-state index contributed by atoms with van der Waals surface area (Å²) < 4.78 is 13.0. The van der Waals surface area contributed by atoms with Gasteiger partial charge in [-0.15, -0.1) is 0 Å². The quantitative estimate of drug-likeness (QED) is 0.908. The summed E-state index contributed by atoms with van der Waals surface area (Å²) in [5, 5.41) is 3.50. The van der Waals surface area contributed by atoms with Gasteiger partial charge in [0.15, 0.2) is 17.6 Å². The van der Waals surface area contributed by atoms with Gasteiger partial charge in [-0.2, -0.15) is 0 Å². The van der Waals surface area contributed by atoms with Gasteiger partial charge in [0.2, 0.25) is 0 Å². The van der Waals surface area contributed by atoms with Crippen LogP contribution in [0.5, 0.6) is 11.5 Å². The molecule has 1 N–H and O–H groups in total. The van der Waals surface area contributed by atoms with Crippen LogP contribution in [-0.4, -0.2) is 19.3 Å². The summed E-state index contributed by atoms with van der Waals surface area (Å²) in [7, 11) is 0. The lowest BCUT2D eigenvalue weighted by Crippen LogP contribution is -2.41. The Morgan fingerprint density at radius 3 is 2.57 bits per heavy atom. The summed E-state index contributed by atoms with van der Waals surface area (Å²) in [5.41, 5.74) is 1.20. The summed E-state index contributed by atoms with van der Waals surface area (Å²) >= 11 is 3.47. The van der Waals surface area contributed by atoms with Gasteiger partial charge in [0.25, 0.3) is 0 Å². The molecule has 3 nitrogen and oxygen atoms in total. The third kappa shape index (κ3) is 3.22. The summed E-state index contributed by atoms with van der Waals surface area (Å²) in [4.78, 5) is 0. The molecule has 2 aromatic rings. The van der Waals surface area contributed by atoms with E-state index in [1.165, 1.54) is 5.56 Å². The lowest BCUT2D eigenvalue weighted by Gasteiger charge is -2.33. The Bertz CT molecular complexity index is 600. The van der Waals surface area contributed by atoms with E-state index in [4.69, 9.17) is 9.47 Å². The highest BCUT2D eigenvalue weighted by Gasteiger charge is 2.29. The van der Waals surface area contributed by atoms with E-state index in [9.17, 15) is 0 Å². The standard InChI is InChI=1S/C17H18BrNO2/c1-2-19-17(12-7-9-13(18)10-8-12)16-11-20-14-5-3-4-6-15(14)21-16/h3-10,16-17,19H,2,11H2,1H3. The molecule has 0 radical (unpaired) electrons. The van der Waals surface area contributed by atoms with E-state index >= 15 is 0 Å². The highest BCUT2D eigenvalue weighted by molar-refractivity contribution is 9.10. The number of rotatable bonds is 4. The predicted octanol–water partition coefficient (Wildman–Crippen LogP) is 3.94. The molecule has 0 bridgehead atoms. The predicted molar refractivity (Wildman–Crippen MR) is 86.9 cm³/mol. The molecule has 0 saturated carbocycles. The van der Waals surface area contributed by atoms with Gasteiger partial charge in [0.05, 0.1) is 6.04 Å². The third-order valence-electron chi connectivity index (χ3n) is 3.56. The van der Waals surface area contributed by atoms with Crippen molar-refractivity contribution in [2.45, 2.75) is 19.1 Å². The smallest absolute Gasteiger partial charge is 0.161 e. The van der Waals surface area contributed by atoms with Gasteiger partial charge in [0, 0.05) is 4.47 Å². The molecule has 4 heteroatoms. The molecule has 1 heterocycles. The molecule has 110 valence electrons. The van der Waals surface area contributed by atoms with Gasteiger partial charge in [-0.25, -0.2) is 0 Å². The Labute approximate surface area is 133 Å². The van der Waals surface area contributed by atoms with E-state index in [0.717, 1.165) is 22.5 Å². The van der Waals surface area contributed by atoms with Gasteiger partial charge in [-0.3, -0.25) is 0 Å². The highest BCUT2D eigenvalue weighted by atomic mass is 79.9. The normalized spacial score (nSPS) is 18.3. The fourth-order valence-electron chi connectivity index (χ4n) is 2.55. The van der Waals surface area contributed by atoms with E-state index in [-0.39, 0.29) is 12.1 Å². The van der Waals surface area contributed by atoms with Crippen LogP contribution < -0.4 is 14.8 Å². The number of halogens is 1. The van der Waals surface area contributed by atoms with Crippen LogP contribution >= 0.6 is 15.9 Å². The molecule has 0 saturated heterocycles. The maximum atomic E-state index is 6.13. The van der Waals surface area contributed by atoms with Crippen molar-refractivity contribution in [3.63, 3.8) is 0 Å². The topological polar surface area (TPSA) is 30.5 Å². The Hall–Kier alpha value is -1.52. The van der Waals surface area contributed by atoms with Crippen molar-refractivity contribution in [1.29, 1.82) is 0 Å². The number of likely N-dealkylation sites (N-methyl/N-ethyl adjacent to an activating group) is 1. The van der Waals surface area contributed by atoms with Crippen LogP contribution in [0.2, 0.25) is 0 Å². The number of ether oxygens (including phenoxy) is 2. The van der Waals surface area contributed by atoms with Crippen LogP contribution in [0, 0.1) is 0 Å². The Balaban J connectivity index is 1.83. The van der Waals surface area contributed by atoms with E-state index in [2.05, 4.69) is 52.4 Å². The summed E-state index contributed by atoms with van der Waals surface area (Å²) in [6, 6.07) is 16.2. The fourth-order valence-corrected chi connectivity index (χ4v) is 2.82. The molecule has 21 heavy (non-hydrogen) atoms. The second-order valence-electron chi connectivity index (χ2n) is 5.00. The monoisotopic (exact) mass is 347 g/mol. The molecule has 0 amide bonds. The molecule has 0 aromatic heterocycles. The molecular formula is C17H18BrNO2. The van der Waals surface area contributed by atoms with Crippen LogP contribution in [0.25, 0.3) is 0 Å². The zero-order valence-electron chi connectivity index (χ0n) is 11.9. The zero-order chi connectivity index (χ0) is 14.7. The molecular weight excluding hydrogens is 330 g/mol. The van der Waals surface area contributed by atoms with Gasteiger partial charge in [-0.1, -0.05) is 47.1 Å². The van der Waals surface area contributed by atoms with Crippen LogP contribution in [0.3, 0.4) is 0 Å². The number of benzene rings is 2. The minimum absolute atomic E-state index is 0.0407. The first-order valence-electron chi connectivity index (χ1n) is 7.15. The van der Waals surface area contributed by atoms with Crippen molar-refractivity contribution in [3.8, 4) is 11.5 Å². The molecule has 2 unspecified atom stereocenters. The van der Waals surface area contributed by atoms with Crippen LogP contribution in [0.15, 0.2) is 53.0 Å². The lowest BCUT2D eigenvalue weighted by atomic mass is 10.0. The number of hydrogen-bond donors (Lipinski definition) is 1. The first-order valence-corrected chi connectivity index (χ1v) is 7.94. The van der Waals surface area contributed by atoms with Gasteiger partial charge in [-0.05, 0) is 36.4 Å². The van der Waals surface area contributed by atoms with Crippen molar-refractivity contribution in [2.75, 3.05) is 13.2 Å². The first-order chi connectivity index (χ1) is 10.3. The molecule has 3 rings (SSSR count). The maximum absolute atomic E-state index is 6.13. The fraction of sp³-hybridized carbons (Fsp3) is 0.294. The van der Waals surface area contributed by atoms with Crippen LogP contribution in [0.1, 0.15) is 18.5 Å². The molecule has 1 aliphatic heterocycles. The molecule has 0 aliphatic carbocycles. The maximum Gasteiger partial charge on any atom is 0.161 e. The largest absolute Gasteiger partial charge is 0.486 e. The SMILES string of the molecule is CCNC(c1ccc(Br)cc1)C1COc2ccccc2O1. The zero-order valence-corrected chi connectivity index (χ0v) is 13.5. The number of fused-ring (bicyclic) bond motifs is 1. The minimum Gasteiger partial charge on any atom is -0.486 e.